The number of pyridine rings is 1. The fourth-order valence-electron chi connectivity index (χ4n) is 1.80. The molecule has 0 fully saturated rings. The molecule has 0 amide bonds. The number of anilines is 1. The van der Waals surface area contributed by atoms with Gasteiger partial charge in [-0.3, -0.25) is 9.55 Å². The molecule has 0 saturated heterocycles. The number of hydrogen-bond acceptors (Lipinski definition) is 5. The van der Waals surface area contributed by atoms with Crippen LogP contribution in [0.3, 0.4) is 0 Å². The van der Waals surface area contributed by atoms with Gasteiger partial charge in [-0.25, -0.2) is 9.89 Å². The first-order chi connectivity index (χ1) is 9.16. The third-order valence-electron chi connectivity index (χ3n) is 2.85. The predicted octanol–water partition coefficient (Wildman–Crippen LogP) is 1.39. The van der Waals surface area contributed by atoms with Gasteiger partial charge in [-0.05, 0) is 30.0 Å². The summed E-state index contributed by atoms with van der Waals surface area (Å²) in [7, 11) is 1.68. The van der Waals surface area contributed by atoms with Crippen LogP contribution in [0.1, 0.15) is 0 Å². The Hall–Kier alpha value is -2.28. The van der Waals surface area contributed by atoms with E-state index in [1.54, 1.807) is 19.4 Å². The Kier molecular flexibility index (Phi) is 2.75. The lowest BCUT2D eigenvalue weighted by Gasteiger charge is -2.07. The van der Waals surface area contributed by atoms with Gasteiger partial charge in [0, 0.05) is 40.8 Å². The van der Waals surface area contributed by atoms with Crippen molar-refractivity contribution in [1.29, 1.82) is 0 Å². The average molecular weight is 273 g/mol. The Morgan fingerprint density at radius 1 is 1.32 bits per heavy atom. The van der Waals surface area contributed by atoms with E-state index in [-0.39, 0.29) is 5.69 Å². The first-order valence-corrected chi connectivity index (χ1v) is 6.40. The van der Waals surface area contributed by atoms with Crippen LogP contribution in [0.2, 0.25) is 0 Å². The number of nitrogens with zero attached hydrogens (tertiary/aromatic N) is 3. The van der Waals surface area contributed by atoms with Gasteiger partial charge in [0.2, 0.25) is 0 Å². The number of benzene rings is 1. The monoisotopic (exact) mass is 273 g/mol. The highest BCUT2D eigenvalue weighted by Crippen LogP contribution is 2.33. The summed E-state index contributed by atoms with van der Waals surface area (Å²) in [6, 6.07) is 5.65. The van der Waals surface area contributed by atoms with Crippen molar-refractivity contribution in [2.45, 2.75) is 10.1 Å². The third kappa shape index (κ3) is 1.97. The minimum atomic E-state index is -0.232. The first-order valence-electron chi connectivity index (χ1n) is 5.58. The van der Waals surface area contributed by atoms with Crippen LogP contribution < -0.4 is 11.4 Å². The summed E-state index contributed by atoms with van der Waals surface area (Å²) < 4.78 is 1.47. The standard InChI is InChI=1S/C12H11N5OS/c1-17-11(18)15-16-12(17)19-10-3-2-9(13)8-6-14-5-4-7(8)10/h2-6H,13H2,1H3,(H,15,18). The van der Waals surface area contributed by atoms with Crippen molar-refractivity contribution < 1.29 is 0 Å². The van der Waals surface area contributed by atoms with Crippen molar-refractivity contribution in [1.82, 2.24) is 19.7 Å². The number of nitrogen functional groups attached to an aromatic ring is 1. The van der Waals surface area contributed by atoms with Crippen molar-refractivity contribution >= 4 is 28.2 Å². The number of aromatic nitrogens is 4. The van der Waals surface area contributed by atoms with Crippen LogP contribution in [0.5, 0.6) is 0 Å². The van der Waals surface area contributed by atoms with Crippen molar-refractivity contribution in [3.8, 4) is 0 Å². The fourth-order valence-corrected chi connectivity index (χ4v) is 2.73. The van der Waals surface area contributed by atoms with E-state index < -0.39 is 0 Å². The highest BCUT2D eigenvalue weighted by atomic mass is 32.2. The van der Waals surface area contributed by atoms with Crippen LogP contribution in [0, 0.1) is 0 Å². The zero-order chi connectivity index (χ0) is 13.4. The molecule has 0 radical (unpaired) electrons. The highest BCUT2D eigenvalue weighted by Gasteiger charge is 2.10. The van der Waals surface area contributed by atoms with E-state index in [1.165, 1.54) is 16.3 Å². The van der Waals surface area contributed by atoms with Gasteiger partial charge in [-0.1, -0.05) is 0 Å². The summed E-state index contributed by atoms with van der Waals surface area (Å²) in [6.07, 6.45) is 3.45. The number of H-pyrrole nitrogens is 1. The van der Waals surface area contributed by atoms with Gasteiger partial charge in [-0.15, -0.1) is 5.10 Å². The molecule has 0 spiro atoms. The van der Waals surface area contributed by atoms with Gasteiger partial charge in [0.05, 0.1) is 0 Å². The van der Waals surface area contributed by atoms with Crippen LogP contribution >= 0.6 is 11.8 Å². The number of rotatable bonds is 2. The molecule has 6 nitrogen and oxygen atoms in total. The van der Waals surface area contributed by atoms with Crippen LogP contribution in [0.4, 0.5) is 5.69 Å². The molecule has 0 bridgehead atoms. The van der Waals surface area contributed by atoms with Gasteiger partial charge < -0.3 is 5.73 Å². The summed E-state index contributed by atoms with van der Waals surface area (Å²) in [5, 5.41) is 8.89. The zero-order valence-electron chi connectivity index (χ0n) is 10.1. The SMILES string of the molecule is Cn1c(Sc2ccc(N)c3cnccc23)n[nH]c1=O. The van der Waals surface area contributed by atoms with E-state index in [0.29, 0.717) is 10.8 Å². The van der Waals surface area contributed by atoms with Crippen LogP contribution in [-0.4, -0.2) is 19.7 Å². The molecule has 0 aliphatic rings. The Morgan fingerprint density at radius 2 is 2.16 bits per heavy atom. The molecule has 0 aliphatic heterocycles. The lowest BCUT2D eigenvalue weighted by atomic mass is 10.1. The maximum Gasteiger partial charge on any atom is 0.343 e. The van der Waals surface area contributed by atoms with Crippen molar-refractivity contribution in [3.05, 3.63) is 41.1 Å². The molecule has 3 N–H and O–H groups in total. The van der Waals surface area contributed by atoms with E-state index in [9.17, 15) is 4.79 Å². The first kappa shape index (κ1) is 11.8. The Morgan fingerprint density at radius 3 is 2.89 bits per heavy atom. The molecule has 96 valence electrons. The molecule has 7 heteroatoms. The minimum Gasteiger partial charge on any atom is -0.398 e. The summed E-state index contributed by atoms with van der Waals surface area (Å²) >= 11 is 1.41. The topological polar surface area (TPSA) is 89.6 Å². The highest BCUT2D eigenvalue weighted by molar-refractivity contribution is 7.99. The second-order valence-electron chi connectivity index (χ2n) is 4.05. The number of hydrogen-bond donors (Lipinski definition) is 2. The summed E-state index contributed by atoms with van der Waals surface area (Å²) in [5.74, 6) is 0. The molecule has 0 atom stereocenters. The molecule has 0 unspecified atom stereocenters. The molecular formula is C12H11N5OS. The largest absolute Gasteiger partial charge is 0.398 e. The molecular weight excluding hydrogens is 262 g/mol. The minimum absolute atomic E-state index is 0.232. The van der Waals surface area contributed by atoms with Crippen LogP contribution in [0.25, 0.3) is 10.8 Å². The molecule has 3 aromatic rings. The average Bonchev–Trinajstić information content (AvgIpc) is 2.74. The predicted molar refractivity (Wildman–Crippen MR) is 74.1 cm³/mol. The number of aromatic amines is 1. The molecule has 0 saturated carbocycles. The van der Waals surface area contributed by atoms with Gasteiger partial charge in [-0.2, -0.15) is 0 Å². The van der Waals surface area contributed by atoms with Crippen molar-refractivity contribution in [2.75, 3.05) is 5.73 Å². The molecule has 3 rings (SSSR count). The van der Waals surface area contributed by atoms with E-state index in [0.717, 1.165) is 15.7 Å². The molecule has 2 aromatic heterocycles. The smallest absolute Gasteiger partial charge is 0.343 e. The van der Waals surface area contributed by atoms with Crippen molar-refractivity contribution in [2.24, 2.45) is 7.05 Å². The van der Waals surface area contributed by atoms with Crippen LogP contribution in [-0.2, 0) is 7.05 Å². The second kappa shape index (κ2) is 4.43. The van der Waals surface area contributed by atoms with E-state index >= 15 is 0 Å². The van der Waals surface area contributed by atoms with Crippen molar-refractivity contribution in [3.63, 3.8) is 0 Å². The maximum absolute atomic E-state index is 11.3. The Bertz CT molecular complexity index is 807. The summed E-state index contributed by atoms with van der Waals surface area (Å²) in [5.41, 5.74) is 6.38. The molecule has 0 aliphatic carbocycles. The second-order valence-corrected chi connectivity index (χ2v) is 5.06. The van der Waals surface area contributed by atoms with Gasteiger partial charge in [0.15, 0.2) is 5.16 Å². The van der Waals surface area contributed by atoms with E-state index in [2.05, 4.69) is 15.2 Å². The Labute approximate surface area is 112 Å². The lowest BCUT2D eigenvalue weighted by Crippen LogP contribution is -2.12. The molecule has 1 aromatic carbocycles. The van der Waals surface area contributed by atoms with Gasteiger partial charge >= 0.3 is 5.69 Å². The van der Waals surface area contributed by atoms with Gasteiger partial charge in [0.25, 0.3) is 0 Å². The third-order valence-corrected chi connectivity index (χ3v) is 3.98. The lowest BCUT2D eigenvalue weighted by molar-refractivity contribution is 0.766. The fraction of sp³-hybridized carbons (Fsp3) is 0.0833. The number of nitrogens with two attached hydrogens (primary N) is 1. The van der Waals surface area contributed by atoms with Crippen LogP contribution in [0.15, 0.2) is 45.4 Å². The maximum atomic E-state index is 11.3. The normalized spacial score (nSPS) is 11.0. The molecule has 2 heterocycles. The van der Waals surface area contributed by atoms with E-state index in [4.69, 9.17) is 5.73 Å². The number of fused-ring (bicyclic) bond motifs is 1. The quantitative estimate of drug-likeness (QED) is 0.689. The molecule has 19 heavy (non-hydrogen) atoms. The Balaban J connectivity index is 2.14. The van der Waals surface area contributed by atoms with E-state index in [1.807, 2.05) is 18.2 Å². The zero-order valence-corrected chi connectivity index (χ0v) is 10.9. The van der Waals surface area contributed by atoms with Gasteiger partial charge in [0.1, 0.15) is 0 Å². The number of nitrogens with one attached hydrogen (secondary N) is 1. The summed E-state index contributed by atoms with van der Waals surface area (Å²) in [6.45, 7) is 0. The summed E-state index contributed by atoms with van der Waals surface area (Å²) in [4.78, 5) is 16.4.